The van der Waals surface area contributed by atoms with Crippen LogP contribution in [0, 0.1) is 0 Å². The van der Waals surface area contributed by atoms with Gasteiger partial charge in [0.15, 0.2) is 0 Å². The Morgan fingerprint density at radius 2 is 2.27 bits per heavy atom. The Labute approximate surface area is 70.0 Å². The van der Waals surface area contributed by atoms with Gasteiger partial charge in [-0.1, -0.05) is 6.92 Å². The lowest BCUT2D eigenvalue weighted by atomic mass is 10.1. The zero-order valence-electron chi connectivity index (χ0n) is 7.93. The van der Waals surface area contributed by atoms with Crippen molar-refractivity contribution < 1.29 is 0 Å². The highest BCUT2D eigenvalue weighted by molar-refractivity contribution is 4.77. The van der Waals surface area contributed by atoms with Crippen molar-refractivity contribution in [3.63, 3.8) is 0 Å². The molecular weight excluding hydrogens is 136 g/mol. The van der Waals surface area contributed by atoms with Gasteiger partial charge in [0.1, 0.15) is 0 Å². The quantitative estimate of drug-likeness (QED) is 0.611. The predicted molar refractivity (Wildman–Crippen MR) is 48.8 cm³/mol. The summed E-state index contributed by atoms with van der Waals surface area (Å²) < 4.78 is 0. The standard InChI is InChI=1S/C9H20N2/c1-4-9-5-6-11(3)7-8(2)10-9/h8-10H,4-7H2,1-3H3/t8-,9?/m1/s1. The lowest BCUT2D eigenvalue weighted by Gasteiger charge is -2.17. The highest BCUT2D eigenvalue weighted by Crippen LogP contribution is 2.05. The molecule has 66 valence electrons. The first kappa shape index (κ1) is 9.01. The van der Waals surface area contributed by atoms with Crippen LogP contribution in [0.25, 0.3) is 0 Å². The van der Waals surface area contributed by atoms with E-state index in [1.165, 1.54) is 25.9 Å². The first-order valence-electron chi connectivity index (χ1n) is 4.67. The van der Waals surface area contributed by atoms with Gasteiger partial charge in [0, 0.05) is 18.6 Å². The molecule has 11 heavy (non-hydrogen) atoms. The molecule has 0 radical (unpaired) electrons. The molecule has 0 aromatic rings. The molecule has 2 nitrogen and oxygen atoms in total. The van der Waals surface area contributed by atoms with Crippen molar-refractivity contribution in [1.29, 1.82) is 0 Å². The molecule has 0 aromatic carbocycles. The molecule has 1 rings (SSSR count). The third-order valence-corrected chi connectivity index (χ3v) is 2.46. The molecule has 1 unspecified atom stereocenters. The van der Waals surface area contributed by atoms with E-state index in [9.17, 15) is 0 Å². The third-order valence-electron chi connectivity index (χ3n) is 2.46. The van der Waals surface area contributed by atoms with Crippen molar-refractivity contribution in [1.82, 2.24) is 10.2 Å². The lowest BCUT2D eigenvalue weighted by Crippen LogP contribution is -2.37. The first-order valence-corrected chi connectivity index (χ1v) is 4.67. The largest absolute Gasteiger partial charge is 0.310 e. The van der Waals surface area contributed by atoms with Gasteiger partial charge in [-0.3, -0.25) is 0 Å². The number of nitrogens with one attached hydrogen (secondary N) is 1. The number of hydrogen-bond donors (Lipinski definition) is 1. The van der Waals surface area contributed by atoms with E-state index in [0.29, 0.717) is 6.04 Å². The fraction of sp³-hybridized carbons (Fsp3) is 1.00. The van der Waals surface area contributed by atoms with Crippen LogP contribution in [0.3, 0.4) is 0 Å². The van der Waals surface area contributed by atoms with Crippen molar-refractivity contribution in [2.75, 3.05) is 20.1 Å². The summed E-state index contributed by atoms with van der Waals surface area (Å²) >= 11 is 0. The molecule has 1 saturated heterocycles. The highest BCUT2D eigenvalue weighted by Gasteiger charge is 2.16. The molecule has 1 fully saturated rings. The van der Waals surface area contributed by atoms with E-state index in [1.54, 1.807) is 0 Å². The summed E-state index contributed by atoms with van der Waals surface area (Å²) in [7, 11) is 2.20. The van der Waals surface area contributed by atoms with Gasteiger partial charge in [0.2, 0.25) is 0 Å². The molecule has 0 spiro atoms. The van der Waals surface area contributed by atoms with Gasteiger partial charge in [0.05, 0.1) is 0 Å². The first-order chi connectivity index (χ1) is 5.22. The molecule has 0 bridgehead atoms. The van der Waals surface area contributed by atoms with Gasteiger partial charge in [0.25, 0.3) is 0 Å². The van der Waals surface area contributed by atoms with Gasteiger partial charge in [-0.2, -0.15) is 0 Å². The molecule has 2 atom stereocenters. The van der Waals surface area contributed by atoms with Crippen LogP contribution in [0.1, 0.15) is 26.7 Å². The molecule has 0 aromatic heterocycles. The molecular formula is C9H20N2. The monoisotopic (exact) mass is 156 g/mol. The van der Waals surface area contributed by atoms with Crippen molar-refractivity contribution in [3.05, 3.63) is 0 Å². The second kappa shape index (κ2) is 4.07. The minimum atomic E-state index is 0.660. The molecule has 1 aliphatic rings. The summed E-state index contributed by atoms with van der Waals surface area (Å²) in [6.45, 7) is 6.96. The van der Waals surface area contributed by atoms with Gasteiger partial charge in [-0.15, -0.1) is 0 Å². The van der Waals surface area contributed by atoms with Crippen LogP contribution in [-0.4, -0.2) is 37.1 Å². The maximum atomic E-state index is 3.62. The average Bonchev–Trinajstić information content (AvgIpc) is 2.11. The van der Waals surface area contributed by atoms with Crippen molar-refractivity contribution in [2.45, 2.75) is 38.8 Å². The van der Waals surface area contributed by atoms with Crippen molar-refractivity contribution in [3.8, 4) is 0 Å². The Morgan fingerprint density at radius 1 is 1.55 bits per heavy atom. The van der Waals surface area contributed by atoms with E-state index >= 15 is 0 Å². The Kier molecular flexibility index (Phi) is 3.34. The molecule has 1 aliphatic heterocycles. The molecule has 0 amide bonds. The number of likely N-dealkylation sites (N-methyl/N-ethyl adjacent to an activating group) is 1. The normalized spacial score (nSPS) is 35.2. The minimum absolute atomic E-state index is 0.660. The fourth-order valence-electron chi connectivity index (χ4n) is 1.80. The summed E-state index contributed by atoms with van der Waals surface area (Å²) in [5.41, 5.74) is 0. The lowest BCUT2D eigenvalue weighted by molar-refractivity contribution is 0.332. The second-order valence-corrected chi connectivity index (χ2v) is 3.72. The maximum Gasteiger partial charge on any atom is 0.0169 e. The summed E-state index contributed by atoms with van der Waals surface area (Å²) in [6.07, 6.45) is 2.57. The van der Waals surface area contributed by atoms with Gasteiger partial charge in [-0.25, -0.2) is 0 Å². The number of rotatable bonds is 1. The fourth-order valence-corrected chi connectivity index (χ4v) is 1.80. The Bertz CT molecular complexity index is 114. The van der Waals surface area contributed by atoms with E-state index in [2.05, 4.69) is 31.1 Å². The Hall–Kier alpha value is -0.0800. The van der Waals surface area contributed by atoms with E-state index in [-0.39, 0.29) is 0 Å². The Morgan fingerprint density at radius 3 is 2.91 bits per heavy atom. The van der Waals surface area contributed by atoms with E-state index in [1.807, 2.05) is 0 Å². The molecule has 1 N–H and O–H groups in total. The smallest absolute Gasteiger partial charge is 0.0169 e. The average molecular weight is 156 g/mol. The topological polar surface area (TPSA) is 15.3 Å². The van der Waals surface area contributed by atoms with Gasteiger partial charge >= 0.3 is 0 Å². The van der Waals surface area contributed by atoms with Crippen LogP contribution in [0.4, 0.5) is 0 Å². The van der Waals surface area contributed by atoms with E-state index in [0.717, 1.165) is 6.04 Å². The Balaban J connectivity index is 2.39. The summed E-state index contributed by atoms with van der Waals surface area (Å²) in [5, 5.41) is 3.62. The summed E-state index contributed by atoms with van der Waals surface area (Å²) in [4.78, 5) is 2.41. The SMILES string of the molecule is CCC1CCN(C)C[C@@H](C)N1. The van der Waals surface area contributed by atoms with Crippen LogP contribution in [0.2, 0.25) is 0 Å². The van der Waals surface area contributed by atoms with Gasteiger partial charge in [-0.05, 0) is 33.4 Å². The molecule has 0 aliphatic carbocycles. The maximum absolute atomic E-state index is 3.62. The predicted octanol–water partition coefficient (Wildman–Crippen LogP) is 1.08. The van der Waals surface area contributed by atoms with Crippen LogP contribution >= 0.6 is 0 Å². The van der Waals surface area contributed by atoms with E-state index in [4.69, 9.17) is 0 Å². The third kappa shape index (κ3) is 2.80. The molecule has 1 heterocycles. The van der Waals surface area contributed by atoms with Crippen molar-refractivity contribution in [2.24, 2.45) is 0 Å². The van der Waals surface area contributed by atoms with Crippen LogP contribution in [-0.2, 0) is 0 Å². The molecule has 0 saturated carbocycles. The minimum Gasteiger partial charge on any atom is -0.310 e. The zero-order chi connectivity index (χ0) is 8.27. The zero-order valence-corrected chi connectivity index (χ0v) is 7.93. The second-order valence-electron chi connectivity index (χ2n) is 3.72. The summed E-state index contributed by atoms with van der Waals surface area (Å²) in [5.74, 6) is 0. The van der Waals surface area contributed by atoms with Gasteiger partial charge < -0.3 is 10.2 Å². The van der Waals surface area contributed by atoms with Crippen LogP contribution < -0.4 is 5.32 Å². The summed E-state index contributed by atoms with van der Waals surface area (Å²) in [6, 6.07) is 1.40. The molecule has 2 heteroatoms. The van der Waals surface area contributed by atoms with Crippen LogP contribution in [0.15, 0.2) is 0 Å². The van der Waals surface area contributed by atoms with E-state index < -0.39 is 0 Å². The van der Waals surface area contributed by atoms with Crippen molar-refractivity contribution >= 4 is 0 Å². The number of nitrogens with zero attached hydrogens (tertiary/aromatic N) is 1. The highest BCUT2D eigenvalue weighted by atomic mass is 15.1. The van der Waals surface area contributed by atoms with Crippen LogP contribution in [0.5, 0.6) is 0 Å². The number of hydrogen-bond acceptors (Lipinski definition) is 2.